The molecule has 2 rings (SSSR count). The van der Waals surface area contributed by atoms with Crippen LogP contribution in [0, 0.1) is 29.6 Å². The van der Waals surface area contributed by atoms with Crippen molar-refractivity contribution in [2.75, 3.05) is 6.54 Å². The molecule has 0 radical (unpaired) electrons. The number of pyridine rings is 1. The second-order valence-electron chi connectivity index (χ2n) is 13.1. The molecule has 256 valence electrons. The predicted octanol–water partition coefficient (Wildman–Crippen LogP) is 7.45. The Morgan fingerprint density at radius 2 is 1.89 bits per heavy atom. The van der Waals surface area contributed by atoms with Gasteiger partial charge in [-0.15, -0.1) is 0 Å². The number of ketones is 1. The van der Waals surface area contributed by atoms with Crippen LogP contribution in [-0.4, -0.2) is 46.5 Å². The largest absolute Gasteiger partial charge is 0.454 e. The lowest BCUT2D eigenvalue weighted by atomic mass is 9.84. The number of allylic oxidation sites excluding steroid dienone is 8. The van der Waals surface area contributed by atoms with Crippen LogP contribution in [0.2, 0.25) is 0 Å². The number of nitrogens with one attached hydrogen (secondary N) is 1. The summed E-state index contributed by atoms with van der Waals surface area (Å²) in [6.45, 7) is 16.3. The van der Waals surface area contributed by atoms with Crippen molar-refractivity contribution in [2.24, 2.45) is 29.6 Å². The first kappa shape index (κ1) is 39.3. The number of carbonyl (C=O) groups excluding carboxylic acids is 3. The van der Waals surface area contributed by atoms with Crippen molar-refractivity contribution in [3.63, 3.8) is 0 Å². The molecule has 0 saturated carbocycles. The number of rotatable bonds is 18. The molecular formula is C40H56N2O5. The Kier molecular flexibility index (Phi) is 17.1. The number of carbonyl (C=O) groups is 3. The number of nitrogens with zero attached hydrogens (tertiary/aromatic N) is 1. The molecule has 7 atom stereocenters. The summed E-state index contributed by atoms with van der Waals surface area (Å²) in [5, 5.41) is 13.9. The third kappa shape index (κ3) is 14.6. The van der Waals surface area contributed by atoms with Gasteiger partial charge in [0.05, 0.1) is 6.10 Å². The normalized spacial score (nSPS) is 21.0. The Bertz CT molecular complexity index is 1350. The number of ether oxygens (including phenoxy) is 1. The summed E-state index contributed by atoms with van der Waals surface area (Å²) in [6.07, 6.45) is 22.8. The average Bonchev–Trinajstić information content (AvgIpc) is 3.03. The first-order chi connectivity index (χ1) is 22.3. The predicted molar refractivity (Wildman–Crippen MR) is 190 cm³/mol. The summed E-state index contributed by atoms with van der Waals surface area (Å²) >= 11 is 0. The maximum absolute atomic E-state index is 13.2. The van der Waals surface area contributed by atoms with Crippen LogP contribution in [0.1, 0.15) is 80.2 Å². The Labute approximate surface area is 282 Å². The SMILES string of the molecule is CCC(C=C[C@@H]1OC(=O)C=C[C@@H]1C)=C[C@H](C)CC=CC(C)C=C(C)C(=O)[C@@H](C)[C@H](O)[C@@H](C)CC(C)=CC(=O)NCCc1cccnc1. The number of aliphatic hydroxyl groups excluding tert-OH is 1. The molecule has 0 fully saturated rings. The van der Waals surface area contributed by atoms with Gasteiger partial charge in [-0.25, -0.2) is 4.79 Å². The Balaban J connectivity index is 1.84. The molecule has 0 spiro atoms. The second kappa shape index (κ2) is 20.4. The first-order valence-electron chi connectivity index (χ1n) is 17.0. The fraction of sp³-hybridized carbons (Fsp3) is 0.500. The van der Waals surface area contributed by atoms with Gasteiger partial charge >= 0.3 is 5.97 Å². The van der Waals surface area contributed by atoms with Gasteiger partial charge in [-0.05, 0) is 80.6 Å². The summed E-state index contributed by atoms with van der Waals surface area (Å²) in [5.41, 5.74) is 3.76. The summed E-state index contributed by atoms with van der Waals surface area (Å²) in [7, 11) is 0. The number of hydrogen-bond acceptors (Lipinski definition) is 6. The zero-order valence-electron chi connectivity index (χ0n) is 29.6. The molecule has 1 aromatic heterocycles. The fourth-order valence-electron chi connectivity index (χ4n) is 5.66. The molecule has 0 aliphatic carbocycles. The highest BCUT2D eigenvalue weighted by Crippen LogP contribution is 2.24. The third-order valence-corrected chi connectivity index (χ3v) is 8.53. The van der Waals surface area contributed by atoms with Crippen molar-refractivity contribution in [2.45, 2.75) is 93.3 Å². The van der Waals surface area contributed by atoms with Gasteiger partial charge in [0.2, 0.25) is 5.91 Å². The topological polar surface area (TPSA) is 106 Å². The maximum atomic E-state index is 13.2. The molecule has 47 heavy (non-hydrogen) atoms. The molecule has 7 heteroatoms. The van der Waals surface area contributed by atoms with Gasteiger partial charge in [0.25, 0.3) is 0 Å². The highest BCUT2D eigenvalue weighted by molar-refractivity contribution is 5.96. The van der Waals surface area contributed by atoms with Crippen molar-refractivity contribution >= 4 is 17.7 Å². The zero-order chi connectivity index (χ0) is 34.9. The summed E-state index contributed by atoms with van der Waals surface area (Å²) < 4.78 is 5.42. The van der Waals surface area contributed by atoms with Gasteiger partial charge in [0.15, 0.2) is 5.78 Å². The first-order valence-corrected chi connectivity index (χ1v) is 17.0. The van der Waals surface area contributed by atoms with Crippen LogP contribution in [0.15, 0.2) is 95.9 Å². The van der Waals surface area contributed by atoms with E-state index in [1.54, 1.807) is 25.4 Å². The average molecular weight is 645 g/mol. The fourth-order valence-corrected chi connectivity index (χ4v) is 5.66. The van der Waals surface area contributed by atoms with Crippen LogP contribution in [0.25, 0.3) is 0 Å². The molecule has 7 nitrogen and oxygen atoms in total. The molecule has 0 bridgehead atoms. The lowest BCUT2D eigenvalue weighted by molar-refractivity contribution is -0.143. The van der Waals surface area contributed by atoms with Crippen LogP contribution in [0.4, 0.5) is 0 Å². The van der Waals surface area contributed by atoms with Crippen molar-refractivity contribution in [3.8, 4) is 0 Å². The summed E-state index contributed by atoms with van der Waals surface area (Å²) in [5.74, 6) is -0.724. The lowest BCUT2D eigenvalue weighted by Gasteiger charge is -2.24. The monoisotopic (exact) mass is 644 g/mol. The number of cyclic esters (lactones) is 1. The van der Waals surface area contributed by atoms with Crippen LogP contribution >= 0.6 is 0 Å². The van der Waals surface area contributed by atoms with E-state index in [9.17, 15) is 19.5 Å². The minimum absolute atomic E-state index is 0.0662. The number of hydrogen-bond donors (Lipinski definition) is 2. The summed E-state index contributed by atoms with van der Waals surface area (Å²) in [4.78, 5) is 41.2. The van der Waals surface area contributed by atoms with Crippen molar-refractivity contribution < 1.29 is 24.2 Å². The Morgan fingerprint density at radius 3 is 2.57 bits per heavy atom. The van der Waals surface area contributed by atoms with Crippen LogP contribution < -0.4 is 5.32 Å². The second-order valence-corrected chi connectivity index (χ2v) is 13.1. The molecule has 1 amide bonds. The van der Waals surface area contributed by atoms with Gasteiger partial charge in [0, 0.05) is 42.9 Å². The van der Waals surface area contributed by atoms with Crippen LogP contribution in [-0.2, 0) is 25.5 Å². The number of esters is 1. The van der Waals surface area contributed by atoms with Gasteiger partial charge < -0.3 is 15.2 Å². The van der Waals surface area contributed by atoms with Gasteiger partial charge in [0.1, 0.15) is 6.10 Å². The minimum atomic E-state index is -0.826. The van der Waals surface area contributed by atoms with Crippen LogP contribution in [0.5, 0.6) is 0 Å². The van der Waals surface area contributed by atoms with E-state index in [0.29, 0.717) is 30.9 Å². The quantitative estimate of drug-likeness (QED) is 0.0744. The minimum Gasteiger partial charge on any atom is -0.454 e. The van der Waals surface area contributed by atoms with E-state index in [-0.39, 0.29) is 41.5 Å². The van der Waals surface area contributed by atoms with E-state index in [1.165, 1.54) is 11.6 Å². The highest BCUT2D eigenvalue weighted by Gasteiger charge is 2.28. The number of Topliss-reactive ketones (excluding diaryl/α,β-unsaturated/α-hetero) is 1. The van der Waals surface area contributed by atoms with Gasteiger partial charge in [-0.3, -0.25) is 14.6 Å². The Hall–Kier alpha value is -3.84. The molecule has 2 heterocycles. The molecule has 2 N–H and O–H groups in total. The highest BCUT2D eigenvalue weighted by atomic mass is 16.5. The van der Waals surface area contributed by atoms with E-state index in [1.807, 2.05) is 58.1 Å². The van der Waals surface area contributed by atoms with Crippen molar-refractivity contribution in [1.82, 2.24) is 10.3 Å². The lowest BCUT2D eigenvalue weighted by Crippen LogP contribution is -2.32. The van der Waals surface area contributed by atoms with Gasteiger partial charge in [-0.1, -0.05) is 95.2 Å². The maximum Gasteiger partial charge on any atom is 0.331 e. The molecule has 0 saturated heterocycles. The Morgan fingerprint density at radius 1 is 1.15 bits per heavy atom. The zero-order valence-corrected chi connectivity index (χ0v) is 29.6. The standard InChI is InChI=1S/C40H56N2O5/c1-9-34(16-17-36-30(5)15-18-38(44)47-36)24-28(3)13-10-12-27(2)22-31(6)39(45)33(8)40(46)32(7)23-29(4)25-37(43)42-21-19-35-14-11-20-41-26-35/h10-12,14-18,20,22,24-28,30,32-33,36,40,46H,9,13,19,21,23H2,1-8H3,(H,42,43)/t27?,28-,30+,32+,33-,36+,40-/m1/s1. The molecule has 1 unspecified atom stereocenters. The molecule has 1 aliphatic rings. The van der Waals surface area contributed by atoms with Crippen molar-refractivity contribution in [1.29, 1.82) is 0 Å². The van der Waals surface area contributed by atoms with E-state index >= 15 is 0 Å². The molecule has 1 aliphatic heterocycles. The summed E-state index contributed by atoms with van der Waals surface area (Å²) in [6, 6.07) is 3.85. The smallest absolute Gasteiger partial charge is 0.331 e. The number of aliphatic hydroxyl groups is 1. The number of aromatic nitrogens is 1. The van der Waals surface area contributed by atoms with E-state index in [0.717, 1.165) is 24.0 Å². The molecule has 0 aromatic carbocycles. The van der Waals surface area contributed by atoms with E-state index in [2.05, 4.69) is 55.4 Å². The van der Waals surface area contributed by atoms with Crippen molar-refractivity contribution in [3.05, 3.63) is 101 Å². The number of amides is 1. The molecule has 1 aromatic rings. The third-order valence-electron chi connectivity index (χ3n) is 8.53. The van der Waals surface area contributed by atoms with E-state index in [4.69, 9.17) is 4.74 Å². The van der Waals surface area contributed by atoms with E-state index < -0.39 is 12.0 Å². The van der Waals surface area contributed by atoms with Crippen LogP contribution in [0.3, 0.4) is 0 Å². The van der Waals surface area contributed by atoms with Gasteiger partial charge in [-0.2, -0.15) is 0 Å². The molecular weight excluding hydrogens is 588 g/mol.